The lowest BCUT2D eigenvalue weighted by atomic mass is 10.1. The van der Waals surface area contributed by atoms with Gasteiger partial charge < -0.3 is 25.6 Å². The van der Waals surface area contributed by atoms with Crippen LogP contribution in [0.3, 0.4) is 0 Å². The van der Waals surface area contributed by atoms with Crippen LogP contribution in [-0.4, -0.2) is 30.8 Å². The van der Waals surface area contributed by atoms with Crippen molar-refractivity contribution < 1.29 is 14.6 Å². The Morgan fingerprint density at radius 1 is 1.32 bits per heavy atom. The van der Waals surface area contributed by atoms with E-state index >= 15 is 0 Å². The molecule has 0 saturated heterocycles. The fraction of sp³-hybridized carbons (Fsp3) is 0.353. The van der Waals surface area contributed by atoms with Gasteiger partial charge in [-0.1, -0.05) is 6.07 Å². The highest BCUT2D eigenvalue weighted by atomic mass is 127. The third kappa shape index (κ3) is 5.23. The van der Waals surface area contributed by atoms with E-state index in [4.69, 9.17) is 15.2 Å². The van der Waals surface area contributed by atoms with Gasteiger partial charge >= 0.3 is 0 Å². The molecule has 0 bridgehead atoms. The van der Waals surface area contributed by atoms with Crippen molar-refractivity contribution in [2.75, 3.05) is 25.1 Å². The highest BCUT2D eigenvalue weighted by Crippen LogP contribution is 2.32. The first-order valence-electron chi connectivity index (χ1n) is 7.77. The summed E-state index contributed by atoms with van der Waals surface area (Å²) in [5.41, 5.74) is 5.66. The largest absolute Gasteiger partial charge is 0.490 e. The molecule has 1 aromatic carbocycles. The van der Waals surface area contributed by atoms with E-state index in [2.05, 4.69) is 10.3 Å². The number of halogens is 1. The Morgan fingerprint density at radius 3 is 2.80 bits per heavy atom. The van der Waals surface area contributed by atoms with E-state index in [-0.39, 0.29) is 36.5 Å². The molecule has 0 saturated carbocycles. The number of rotatable bonds is 4. The van der Waals surface area contributed by atoms with Crippen LogP contribution in [0, 0.1) is 0 Å². The average Bonchev–Trinajstić information content (AvgIpc) is 3.01. The number of guanidine groups is 1. The number of fused-ring (bicyclic) bond motifs is 1. The van der Waals surface area contributed by atoms with Crippen LogP contribution in [0.2, 0.25) is 0 Å². The highest BCUT2D eigenvalue weighted by molar-refractivity contribution is 14.0. The predicted octanol–water partition coefficient (Wildman–Crippen LogP) is 3.16. The number of aliphatic hydroxyl groups is 1. The zero-order chi connectivity index (χ0) is 17.0. The Morgan fingerprint density at radius 2 is 2.08 bits per heavy atom. The number of thiophene rings is 1. The zero-order valence-electron chi connectivity index (χ0n) is 13.9. The Kier molecular flexibility index (Phi) is 6.91. The molecule has 8 heteroatoms. The predicted molar refractivity (Wildman–Crippen MR) is 111 cm³/mol. The number of nitrogens with zero attached hydrogens (tertiary/aromatic N) is 1. The lowest BCUT2D eigenvalue weighted by molar-refractivity contribution is 0.0713. The van der Waals surface area contributed by atoms with Crippen molar-refractivity contribution in [1.29, 1.82) is 0 Å². The molecule has 1 aliphatic heterocycles. The molecule has 0 spiro atoms. The first-order valence-corrected chi connectivity index (χ1v) is 8.65. The smallest absolute Gasteiger partial charge is 0.193 e. The van der Waals surface area contributed by atoms with Gasteiger partial charge in [0.2, 0.25) is 0 Å². The van der Waals surface area contributed by atoms with E-state index in [9.17, 15) is 5.11 Å². The summed E-state index contributed by atoms with van der Waals surface area (Å²) < 4.78 is 11.2. The summed E-state index contributed by atoms with van der Waals surface area (Å²) in [6.07, 6.45) is 0.860. The number of ether oxygens (including phenoxy) is 2. The third-order valence-electron chi connectivity index (χ3n) is 3.63. The molecule has 2 aromatic rings. The van der Waals surface area contributed by atoms with E-state index in [1.807, 2.05) is 35.7 Å². The number of nitrogens with one attached hydrogen (secondary N) is 1. The molecule has 0 fully saturated rings. The van der Waals surface area contributed by atoms with Crippen molar-refractivity contribution in [3.05, 3.63) is 40.6 Å². The summed E-state index contributed by atoms with van der Waals surface area (Å²) in [6.45, 7) is 3.19. The topological polar surface area (TPSA) is 89.1 Å². The van der Waals surface area contributed by atoms with Gasteiger partial charge in [-0.05, 0) is 30.5 Å². The Balaban J connectivity index is 0.00000225. The normalized spacial score (nSPS) is 16.3. The second kappa shape index (κ2) is 8.72. The van der Waals surface area contributed by atoms with Crippen molar-refractivity contribution in [3.63, 3.8) is 0 Å². The molecule has 1 aliphatic rings. The van der Waals surface area contributed by atoms with E-state index < -0.39 is 5.60 Å². The van der Waals surface area contributed by atoms with E-state index in [0.717, 1.165) is 22.7 Å². The monoisotopic (exact) mass is 475 g/mol. The van der Waals surface area contributed by atoms with Crippen molar-refractivity contribution in [3.8, 4) is 11.5 Å². The van der Waals surface area contributed by atoms with Gasteiger partial charge in [-0.15, -0.1) is 35.3 Å². The van der Waals surface area contributed by atoms with E-state index in [1.165, 1.54) is 11.3 Å². The number of anilines is 1. The SMILES string of the molecule is CC(O)(CN=C(N)Nc1ccc2c(c1)OCCCO2)c1cccs1.I. The molecule has 3 rings (SSSR count). The molecule has 1 aromatic heterocycles. The first kappa shape index (κ1) is 19.8. The number of aliphatic imine (C=N–C) groups is 1. The van der Waals surface area contributed by atoms with Crippen molar-refractivity contribution >= 4 is 47.0 Å². The molecule has 4 N–H and O–H groups in total. The Bertz CT molecular complexity index is 720. The van der Waals surface area contributed by atoms with E-state index in [0.29, 0.717) is 19.0 Å². The van der Waals surface area contributed by atoms with Gasteiger partial charge in [0.25, 0.3) is 0 Å². The van der Waals surface area contributed by atoms with Crippen LogP contribution < -0.4 is 20.5 Å². The lowest BCUT2D eigenvalue weighted by Crippen LogP contribution is -2.29. The second-order valence-corrected chi connectivity index (χ2v) is 6.74. The molecule has 0 aliphatic carbocycles. The van der Waals surface area contributed by atoms with Gasteiger partial charge in [-0.3, -0.25) is 0 Å². The number of nitrogens with two attached hydrogens (primary N) is 1. The highest BCUT2D eigenvalue weighted by Gasteiger charge is 2.23. The maximum Gasteiger partial charge on any atom is 0.193 e. The number of hydrogen-bond donors (Lipinski definition) is 3. The fourth-order valence-electron chi connectivity index (χ4n) is 2.33. The van der Waals surface area contributed by atoms with Crippen LogP contribution in [0.5, 0.6) is 11.5 Å². The summed E-state index contributed by atoms with van der Waals surface area (Å²) in [6, 6.07) is 9.32. The Hall–Kier alpha value is -1.52. The molecular formula is C17H22IN3O3S. The molecule has 1 atom stereocenters. The van der Waals surface area contributed by atoms with Crippen molar-refractivity contribution in [1.82, 2.24) is 0 Å². The maximum absolute atomic E-state index is 10.5. The first-order chi connectivity index (χ1) is 11.5. The van der Waals surface area contributed by atoms with Crippen LogP contribution in [-0.2, 0) is 5.60 Å². The summed E-state index contributed by atoms with van der Waals surface area (Å²) in [5.74, 6) is 1.66. The van der Waals surface area contributed by atoms with Crippen LogP contribution in [0.1, 0.15) is 18.2 Å². The van der Waals surface area contributed by atoms with Gasteiger partial charge in [0.1, 0.15) is 5.60 Å². The summed E-state index contributed by atoms with van der Waals surface area (Å²) in [7, 11) is 0. The van der Waals surface area contributed by atoms with Gasteiger partial charge in [-0.2, -0.15) is 0 Å². The average molecular weight is 475 g/mol. The van der Waals surface area contributed by atoms with Crippen LogP contribution in [0.4, 0.5) is 5.69 Å². The third-order valence-corrected chi connectivity index (χ3v) is 4.75. The lowest BCUT2D eigenvalue weighted by Gasteiger charge is -2.19. The molecule has 0 radical (unpaired) electrons. The van der Waals surface area contributed by atoms with Crippen LogP contribution >= 0.6 is 35.3 Å². The van der Waals surface area contributed by atoms with E-state index in [1.54, 1.807) is 6.92 Å². The standard InChI is InChI=1S/C17H21N3O3S.HI/c1-17(21,15-4-2-9-24-15)11-19-16(18)20-12-5-6-13-14(10-12)23-8-3-7-22-13;/h2,4-6,9-10,21H,3,7-8,11H2,1H3,(H3,18,19,20);1H. The van der Waals surface area contributed by atoms with Crippen molar-refractivity contribution in [2.24, 2.45) is 10.7 Å². The van der Waals surface area contributed by atoms with Gasteiger partial charge in [0, 0.05) is 23.1 Å². The van der Waals surface area contributed by atoms with Crippen LogP contribution in [0.15, 0.2) is 40.7 Å². The summed E-state index contributed by atoms with van der Waals surface area (Å²) >= 11 is 1.49. The molecule has 0 amide bonds. The minimum Gasteiger partial charge on any atom is -0.490 e. The molecule has 1 unspecified atom stereocenters. The molecule has 2 heterocycles. The zero-order valence-corrected chi connectivity index (χ0v) is 17.0. The molecule has 6 nitrogen and oxygen atoms in total. The van der Waals surface area contributed by atoms with Gasteiger partial charge in [0.15, 0.2) is 17.5 Å². The Labute approximate surface area is 168 Å². The quantitative estimate of drug-likeness (QED) is 0.359. The maximum atomic E-state index is 10.5. The molecule has 25 heavy (non-hydrogen) atoms. The summed E-state index contributed by atoms with van der Waals surface area (Å²) in [5, 5.41) is 15.4. The minimum atomic E-state index is -1.04. The minimum absolute atomic E-state index is 0. The molecule has 136 valence electrons. The molecular weight excluding hydrogens is 453 g/mol. The second-order valence-electron chi connectivity index (χ2n) is 5.79. The van der Waals surface area contributed by atoms with Crippen molar-refractivity contribution in [2.45, 2.75) is 18.9 Å². The van der Waals surface area contributed by atoms with Crippen LogP contribution in [0.25, 0.3) is 0 Å². The summed E-state index contributed by atoms with van der Waals surface area (Å²) in [4.78, 5) is 5.10. The fourth-order valence-corrected chi connectivity index (χ4v) is 3.11. The number of hydrogen-bond acceptors (Lipinski definition) is 5. The van der Waals surface area contributed by atoms with Gasteiger partial charge in [-0.25, -0.2) is 4.99 Å². The van der Waals surface area contributed by atoms with Gasteiger partial charge in [0.05, 0.1) is 19.8 Å². The number of benzene rings is 1.